The van der Waals surface area contributed by atoms with Crippen LogP contribution in [0.25, 0.3) is 22.2 Å². The van der Waals surface area contributed by atoms with E-state index in [4.69, 9.17) is 0 Å². The summed E-state index contributed by atoms with van der Waals surface area (Å²) in [5, 5.41) is 0. The van der Waals surface area contributed by atoms with Gasteiger partial charge in [-0.15, -0.1) is 0 Å². The van der Waals surface area contributed by atoms with Crippen molar-refractivity contribution >= 4 is 11.0 Å². The van der Waals surface area contributed by atoms with Gasteiger partial charge in [0, 0.05) is 42.8 Å². The molecule has 1 aliphatic heterocycles. The zero-order chi connectivity index (χ0) is 16.0. The maximum atomic E-state index is 12.0. The average molecular weight is 309 g/mol. The van der Waals surface area contributed by atoms with Gasteiger partial charge in [0.1, 0.15) is 11.0 Å². The van der Waals surface area contributed by atoms with Gasteiger partial charge < -0.3 is 9.55 Å². The Morgan fingerprint density at radius 3 is 2.96 bits per heavy atom. The Kier molecular flexibility index (Phi) is 3.27. The molecule has 6 nitrogen and oxygen atoms in total. The van der Waals surface area contributed by atoms with Crippen molar-refractivity contribution in [3.05, 3.63) is 46.9 Å². The molecule has 118 valence electrons. The summed E-state index contributed by atoms with van der Waals surface area (Å²) in [4.78, 5) is 25.8. The van der Waals surface area contributed by atoms with Crippen molar-refractivity contribution < 1.29 is 0 Å². The first-order valence-electron chi connectivity index (χ1n) is 7.83. The normalized spacial score (nSPS) is 18.8. The van der Waals surface area contributed by atoms with Crippen LogP contribution >= 0.6 is 0 Å². The van der Waals surface area contributed by atoms with Gasteiger partial charge in [-0.1, -0.05) is 0 Å². The molecule has 1 aliphatic rings. The van der Waals surface area contributed by atoms with Gasteiger partial charge in [0.15, 0.2) is 0 Å². The van der Waals surface area contributed by atoms with E-state index in [9.17, 15) is 4.79 Å². The number of aryl methyl sites for hydroxylation is 1. The summed E-state index contributed by atoms with van der Waals surface area (Å²) < 4.78 is 1.82. The number of fused-ring (bicyclic) bond motifs is 1. The number of pyridine rings is 1. The first kappa shape index (κ1) is 14.1. The first-order valence-corrected chi connectivity index (χ1v) is 7.83. The second-order valence-electron chi connectivity index (χ2n) is 6.23. The van der Waals surface area contributed by atoms with Crippen molar-refractivity contribution in [3.63, 3.8) is 0 Å². The number of aromatic amines is 1. The van der Waals surface area contributed by atoms with Crippen LogP contribution in [0.4, 0.5) is 0 Å². The molecule has 1 N–H and O–H groups in total. The predicted octanol–water partition coefficient (Wildman–Crippen LogP) is 2.09. The van der Waals surface area contributed by atoms with Gasteiger partial charge in [0.25, 0.3) is 5.56 Å². The molecule has 4 heterocycles. The molecule has 1 saturated heterocycles. The van der Waals surface area contributed by atoms with Crippen LogP contribution in [0.3, 0.4) is 0 Å². The third-order valence-electron chi connectivity index (χ3n) is 4.73. The summed E-state index contributed by atoms with van der Waals surface area (Å²) in [7, 11) is 4.02. The number of H-pyrrole nitrogens is 1. The Labute approximate surface area is 133 Å². The Balaban J connectivity index is 1.86. The number of rotatable bonds is 2. The number of aromatic nitrogens is 4. The molecule has 3 aromatic heterocycles. The van der Waals surface area contributed by atoms with Gasteiger partial charge in [-0.2, -0.15) is 0 Å². The van der Waals surface area contributed by atoms with Gasteiger partial charge in [-0.05, 0) is 38.1 Å². The highest BCUT2D eigenvalue weighted by molar-refractivity contribution is 5.92. The predicted molar refractivity (Wildman–Crippen MR) is 89.2 cm³/mol. The summed E-state index contributed by atoms with van der Waals surface area (Å²) in [6.45, 7) is 1.13. The lowest BCUT2D eigenvalue weighted by atomic mass is 10.0. The summed E-state index contributed by atoms with van der Waals surface area (Å²) in [6.07, 6.45) is 9.57. The molecule has 0 amide bonds. The van der Waals surface area contributed by atoms with E-state index in [1.54, 1.807) is 0 Å². The van der Waals surface area contributed by atoms with Crippen molar-refractivity contribution in [3.8, 4) is 11.1 Å². The number of likely N-dealkylation sites (tertiary alicyclic amines) is 1. The molecule has 0 aliphatic carbocycles. The topological polar surface area (TPSA) is 66.8 Å². The Morgan fingerprint density at radius 1 is 1.30 bits per heavy atom. The standard InChI is InChI=1S/C17H19N5O/c1-21-5-3-4-14(21)12-6-11(7-18-8-12)13-9-22(2)16-15(13)19-10-20-17(16)23/h6-10,14H,3-5H2,1-2H3,(H,19,20,23)/t14-/m0/s1. The molecule has 0 spiro atoms. The van der Waals surface area contributed by atoms with Gasteiger partial charge in [-0.25, -0.2) is 4.98 Å². The van der Waals surface area contributed by atoms with Crippen LogP contribution < -0.4 is 5.56 Å². The zero-order valence-electron chi connectivity index (χ0n) is 13.3. The van der Waals surface area contributed by atoms with Crippen LogP contribution in [-0.2, 0) is 7.05 Å². The fraction of sp³-hybridized carbons (Fsp3) is 0.353. The molecule has 23 heavy (non-hydrogen) atoms. The number of hydrogen-bond acceptors (Lipinski definition) is 4. The lowest BCUT2D eigenvalue weighted by molar-refractivity contribution is 0.317. The van der Waals surface area contributed by atoms with Crippen LogP contribution in [-0.4, -0.2) is 38.0 Å². The second-order valence-corrected chi connectivity index (χ2v) is 6.23. The minimum Gasteiger partial charge on any atom is -0.344 e. The molecule has 1 atom stereocenters. The van der Waals surface area contributed by atoms with Crippen LogP contribution in [0.1, 0.15) is 24.4 Å². The van der Waals surface area contributed by atoms with Crippen molar-refractivity contribution in [1.29, 1.82) is 0 Å². The third-order valence-corrected chi connectivity index (χ3v) is 4.73. The Hall–Kier alpha value is -2.47. The van der Waals surface area contributed by atoms with E-state index in [2.05, 4.69) is 33.0 Å². The Morgan fingerprint density at radius 2 is 2.17 bits per heavy atom. The Bertz CT molecular complexity index is 926. The molecule has 0 unspecified atom stereocenters. The summed E-state index contributed by atoms with van der Waals surface area (Å²) in [5.41, 5.74) is 4.36. The highest BCUT2D eigenvalue weighted by Gasteiger charge is 2.23. The van der Waals surface area contributed by atoms with Crippen molar-refractivity contribution in [2.75, 3.05) is 13.6 Å². The highest BCUT2D eigenvalue weighted by Crippen LogP contribution is 2.33. The first-order chi connectivity index (χ1) is 11.1. The van der Waals surface area contributed by atoms with Crippen LogP contribution in [0.15, 0.2) is 35.8 Å². The van der Waals surface area contributed by atoms with E-state index >= 15 is 0 Å². The van der Waals surface area contributed by atoms with E-state index in [0.29, 0.717) is 11.6 Å². The molecular formula is C17H19N5O. The van der Waals surface area contributed by atoms with Crippen molar-refractivity contribution in [1.82, 2.24) is 24.4 Å². The quantitative estimate of drug-likeness (QED) is 0.787. The van der Waals surface area contributed by atoms with E-state index < -0.39 is 0 Å². The van der Waals surface area contributed by atoms with Gasteiger partial charge >= 0.3 is 0 Å². The lowest BCUT2D eigenvalue weighted by Crippen LogP contribution is -2.17. The summed E-state index contributed by atoms with van der Waals surface area (Å²) in [5.74, 6) is 0. The van der Waals surface area contributed by atoms with Crippen LogP contribution in [0, 0.1) is 0 Å². The van der Waals surface area contributed by atoms with Gasteiger partial charge in [0.2, 0.25) is 0 Å². The molecule has 0 aromatic carbocycles. The van der Waals surface area contributed by atoms with Gasteiger partial charge in [0.05, 0.1) is 6.33 Å². The molecule has 4 rings (SSSR count). The van der Waals surface area contributed by atoms with E-state index in [1.807, 2.05) is 30.2 Å². The molecule has 1 fully saturated rings. The van der Waals surface area contributed by atoms with Crippen molar-refractivity contribution in [2.24, 2.45) is 7.05 Å². The molecule has 0 bridgehead atoms. The molecule has 0 radical (unpaired) electrons. The van der Waals surface area contributed by atoms with Crippen LogP contribution in [0.5, 0.6) is 0 Å². The molecule has 0 saturated carbocycles. The number of hydrogen-bond donors (Lipinski definition) is 1. The van der Waals surface area contributed by atoms with Crippen molar-refractivity contribution in [2.45, 2.75) is 18.9 Å². The second kappa shape index (κ2) is 5.31. The molecule has 3 aromatic rings. The summed E-state index contributed by atoms with van der Waals surface area (Å²) >= 11 is 0. The monoisotopic (exact) mass is 309 g/mol. The largest absolute Gasteiger partial charge is 0.344 e. The third kappa shape index (κ3) is 2.26. The zero-order valence-corrected chi connectivity index (χ0v) is 13.3. The van der Waals surface area contributed by atoms with E-state index in [1.165, 1.54) is 18.3 Å². The smallest absolute Gasteiger partial charge is 0.275 e. The number of nitrogens with one attached hydrogen (secondary N) is 1. The molecular weight excluding hydrogens is 290 g/mol. The maximum absolute atomic E-state index is 12.0. The molecule has 6 heteroatoms. The maximum Gasteiger partial charge on any atom is 0.275 e. The highest BCUT2D eigenvalue weighted by atomic mass is 16.1. The fourth-order valence-corrected chi connectivity index (χ4v) is 3.57. The summed E-state index contributed by atoms with van der Waals surface area (Å²) in [6, 6.07) is 2.60. The van der Waals surface area contributed by atoms with E-state index in [-0.39, 0.29) is 5.56 Å². The number of nitrogens with zero attached hydrogens (tertiary/aromatic N) is 4. The lowest BCUT2D eigenvalue weighted by Gasteiger charge is -2.19. The van der Waals surface area contributed by atoms with E-state index in [0.717, 1.165) is 29.6 Å². The van der Waals surface area contributed by atoms with Crippen LogP contribution in [0.2, 0.25) is 0 Å². The minimum atomic E-state index is -0.122. The SMILES string of the molecule is CN1CCC[C@H]1c1cncc(-c2cn(C)c3c(=O)[nH]cnc23)c1. The fourth-order valence-electron chi connectivity index (χ4n) is 3.57. The van der Waals surface area contributed by atoms with Gasteiger partial charge in [-0.3, -0.25) is 14.7 Å². The minimum absolute atomic E-state index is 0.122. The average Bonchev–Trinajstić information content (AvgIpc) is 3.12.